The lowest BCUT2D eigenvalue weighted by molar-refractivity contribution is 0.621. The topological polar surface area (TPSA) is 42.2 Å². The fourth-order valence-electron chi connectivity index (χ4n) is 2.25. The molecule has 0 aliphatic rings. The van der Waals surface area contributed by atoms with Crippen LogP contribution in [0.15, 0.2) is 42.7 Å². The molecular formula is C16H20FN3. The van der Waals surface area contributed by atoms with Crippen molar-refractivity contribution in [3.63, 3.8) is 0 Å². The highest BCUT2D eigenvalue weighted by atomic mass is 19.1. The van der Waals surface area contributed by atoms with E-state index in [9.17, 15) is 4.39 Å². The molecule has 1 aromatic heterocycles. The molecule has 0 unspecified atom stereocenters. The van der Waals surface area contributed by atoms with E-state index in [2.05, 4.69) is 16.8 Å². The van der Waals surface area contributed by atoms with Gasteiger partial charge in [0.15, 0.2) is 0 Å². The van der Waals surface area contributed by atoms with Crippen LogP contribution in [0.2, 0.25) is 0 Å². The number of nitrogens with two attached hydrogens (primary N) is 1. The summed E-state index contributed by atoms with van der Waals surface area (Å²) in [5.74, 6) is -0.249. The van der Waals surface area contributed by atoms with Gasteiger partial charge in [0.25, 0.3) is 0 Å². The molecule has 3 nitrogen and oxygen atoms in total. The van der Waals surface area contributed by atoms with E-state index >= 15 is 0 Å². The molecule has 2 aromatic rings. The molecule has 0 saturated carbocycles. The van der Waals surface area contributed by atoms with Crippen molar-refractivity contribution in [2.75, 3.05) is 11.4 Å². The van der Waals surface area contributed by atoms with Crippen molar-refractivity contribution in [3.05, 3.63) is 59.7 Å². The number of halogens is 1. The zero-order valence-corrected chi connectivity index (χ0v) is 11.9. The van der Waals surface area contributed by atoms with Crippen LogP contribution < -0.4 is 10.6 Å². The molecule has 1 heterocycles. The standard InChI is InChI=1S/C16H20FN3/c1-3-20(11-13-6-8-19-9-7-13)16-5-4-14(17)10-15(16)12(2)18/h4-10,12H,3,11,18H2,1-2H3/t12-/m1/s1. The monoisotopic (exact) mass is 273 g/mol. The van der Waals surface area contributed by atoms with E-state index in [0.717, 1.165) is 24.3 Å². The summed E-state index contributed by atoms with van der Waals surface area (Å²) in [6.45, 7) is 5.53. The fourth-order valence-corrected chi connectivity index (χ4v) is 2.25. The molecule has 0 bridgehead atoms. The summed E-state index contributed by atoms with van der Waals surface area (Å²) in [7, 11) is 0. The smallest absolute Gasteiger partial charge is 0.123 e. The van der Waals surface area contributed by atoms with Crippen LogP contribution in [-0.2, 0) is 6.54 Å². The fraction of sp³-hybridized carbons (Fsp3) is 0.312. The second-order valence-electron chi connectivity index (χ2n) is 4.86. The van der Waals surface area contributed by atoms with Crippen molar-refractivity contribution in [1.29, 1.82) is 0 Å². The van der Waals surface area contributed by atoms with Gasteiger partial charge < -0.3 is 10.6 Å². The first-order valence-electron chi connectivity index (χ1n) is 6.80. The highest BCUT2D eigenvalue weighted by Crippen LogP contribution is 2.27. The third-order valence-electron chi connectivity index (χ3n) is 3.33. The van der Waals surface area contributed by atoms with E-state index in [1.165, 1.54) is 17.7 Å². The van der Waals surface area contributed by atoms with E-state index in [1.807, 2.05) is 19.1 Å². The second-order valence-corrected chi connectivity index (χ2v) is 4.86. The van der Waals surface area contributed by atoms with Crippen LogP contribution in [0.4, 0.5) is 10.1 Å². The number of aromatic nitrogens is 1. The Morgan fingerprint density at radius 3 is 2.55 bits per heavy atom. The Hall–Kier alpha value is -1.94. The lowest BCUT2D eigenvalue weighted by atomic mass is 10.0. The Labute approximate surface area is 119 Å². The van der Waals surface area contributed by atoms with Gasteiger partial charge in [-0.15, -0.1) is 0 Å². The number of hydrogen-bond acceptors (Lipinski definition) is 3. The molecule has 0 fully saturated rings. The van der Waals surface area contributed by atoms with Gasteiger partial charge in [-0.05, 0) is 55.3 Å². The first-order valence-corrected chi connectivity index (χ1v) is 6.80. The molecule has 0 saturated heterocycles. The molecule has 1 aromatic carbocycles. The number of benzene rings is 1. The molecule has 4 heteroatoms. The number of rotatable bonds is 5. The molecule has 106 valence electrons. The quantitative estimate of drug-likeness (QED) is 0.909. The molecule has 20 heavy (non-hydrogen) atoms. The molecule has 1 atom stereocenters. The summed E-state index contributed by atoms with van der Waals surface area (Å²) in [5, 5.41) is 0. The minimum absolute atomic E-state index is 0.202. The van der Waals surface area contributed by atoms with E-state index < -0.39 is 0 Å². The summed E-state index contributed by atoms with van der Waals surface area (Å²) in [5.41, 5.74) is 8.96. The second kappa shape index (κ2) is 6.48. The first kappa shape index (κ1) is 14.5. The summed E-state index contributed by atoms with van der Waals surface area (Å²) in [6, 6.07) is 8.58. The van der Waals surface area contributed by atoms with Crippen LogP contribution >= 0.6 is 0 Å². The number of anilines is 1. The molecular weight excluding hydrogens is 253 g/mol. The van der Waals surface area contributed by atoms with Gasteiger partial charge in [0.1, 0.15) is 5.82 Å². The van der Waals surface area contributed by atoms with E-state index in [0.29, 0.717) is 0 Å². The van der Waals surface area contributed by atoms with E-state index in [1.54, 1.807) is 18.5 Å². The maximum absolute atomic E-state index is 13.4. The molecule has 0 spiro atoms. The maximum atomic E-state index is 13.4. The van der Waals surface area contributed by atoms with Crippen LogP contribution in [0.5, 0.6) is 0 Å². The molecule has 0 aliphatic carbocycles. The van der Waals surface area contributed by atoms with Crippen LogP contribution in [0.3, 0.4) is 0 Å². The SMILES string of the molecule is CCN(Cc1ccncc1)c1ccc(F)cc1[C@@H](C)N. The van der Waals surface area contributed by atoms with Gasteiger partial charge in [-0.3, -0.25) is 4.98 Å². The molecule has 0 amide bonds. The average Bonchev–Trinajstić information content (AvgIpc) is 2.46. The normalized spacial score (nSPS) is 12.2. The summed E-state index contributed by atoms with van der Waals surface area (Å²) in [6.07, 6.45) is 3.56. The van der Waals surface area contributed by atoms with Crippen molar-refractivity contribution in [3.8, 4) is 0 Å². The van der Waals surface area contributed by atoms with E-state index in [-0.39, 0.29) is 11.9 Å². The average molecular weight is 273 g/mol. The van der Waals surface area contributed by atoms with Crippen LogP contribution in [0.25, 0.3) is 0 Å². The molecule has 0 radical (unpaired) electrons. The van der Waals surface area contributed by atoms with Crippen molar-refractivity contribution in [1.82, 2.24) is 4.98 Å². The highest BCUT2D eigenvalue weighted by Gasteiger charge is 2.14. The zero-order chi connectivity index (χ0) is 14.5. The van der Waals surface area contributed by atoms with Crippen LogP contribution in [0, 0.1) is 5.82 Å². The van der Waals surface area contributed by atoms with Gasteiger partial charge in [-0.25, -0.2) is 4.39 Å². The Balaban J connectivity index is 2.32. The first-order chi connectivity index (χ1) is 9.61. The van der Waals surface area contributed by atoms with Gasteiger partial charge in [0, 0.05) is 37.2 Å². The van der Waals surface area contributed by atoms with Gasteiger partial charge in [0.05, 0.1) is 0 Å². The summed E-state index contributed by atoms with van der Waals surface area (Å²) >= 11 is 0. The Morgan fingerprint density at radius 2 is 1.95 bits per heavy atom. The third-order valence-corrected chi connectivity index (χ3v) is 3.33. The Morgan fingerprint density at radius 1 is 1.25 bits per heavy atom. The zero-order valence-electron chi connectivity index (χ0n) is 11.9. The predicted octanol–water partition coefficient (Wildman–Crippen LogP) is 3.27. The molecule has 2 rings (SSSR count). The van der Waals surface area contributed by atoms with Crippen LogP contribution in [0.1, 0.15) is 31.0 Å². The minimum atomic E-state index is -0.249. The van der Waals surface area contributed by atoms with Gasteiger partial charge in [0.2, 0.25) is 0 Å². The van der Waals surface area contributed by atoms with Gasteiger partial charge >= 0.3 is 0 Å². The maximum Gasteiger partial charge on any atom is 0.123 e. The molecule has 2 N–H and O–H groups in total. The van der Waals surface area contributed by atoms with Crippen molar-refractivity contribution >= 4 is 5.69 Å². The number of nitrogens with zero attached hydrogens (tertiary/aromatic N) is 2. The third kappa shape index (κ3) is 3.33. The van der Waals surface area contributed by atoms with Gasteiger partial charge in [-0.2, -0.15) is 0 Å². The largest absolute Gasteiger partial charge is 0.367 e. The predicted molar refractivity (Wildman–Crippen MR) is 80.0 cm³/mol. The highest BCUT2D eigenvalue weighted by molar-refractivity contribution is 5.55. The number of pyridine rings is 1. The van der Waals surface area contributed by atoms with Crippen LogP contribution in [-0.4, -0.2) is 11.5 Å². The lowest BCUT2D eigenvalue weighted by Gasteiger charge is -2.27. The summed E-state index contributed by atoms with van der Waals surface area (Å²) < 4.78 is 13.4. The van der Waals surface area contributed by atoms with Gasteiger partial charge in [-0.1, -0.05) is 0 Å². The van der Waals surface area contributed by atoms with Crippen molar-refractivity contribution in [2.24, 2.45) is 5.73 Å². The minimum Gasteiger partial charge on any atom is -0.367 e. The number of hydrogen-bond donors (Lipinski definition) is 1. The Bertz CT molecular complexity index is 555. The van der Waals surface area contributed by atoms with Crippen molar-refractivity contribution in [2.45, 2.75) is 26.4 Å². The van der Waals surface area contributed by atoms with E-state index in [4.69, 9.17) is 5.73 Å². The Kier molecular flexibility index (Phi) is 4.69. The lowest BCUT2D eigenvalue weighted by Crippen LogP contribution is -2.24. The van der Waals surface area contributed by atoms with Crippen molar-refractivity contribution < 1.29 is 4.39 Å². The summed E-state index contributed by atoms with van der Waals surface area (Å²) in [4.78, 5) is 6.21. The molecule has 0 aliphatic heterocycles.